The Morgan fingerprint density at radius 3 is 2.10 bits per heavy atom. The Hall–Kier alpha value is -1.81. The second-order valence-electron chi connectivity index (χ2n) is 8.33. The Balaban J connectivity index is 2.00. The first-order valence-electron chi connectivity index (χ1n) is 9.38. The molecule has 1 aliphatic rings. The summed E-state index contributed by atoms with van der Waals surface area (Å²) in [5.41, 5.74) is 0.0441. The summed E-state index contributed by atoms with van der Waals surface area (Å²) in [5.74, 6) is 0. The molecule has 0 saturated carbocycles. The average Bonchev–Trinajstić information content (AvgIpc) is 2.57. The summed E-state index contributed by atoms with van der Waals surface area (Å²) in [6.07, 6.45) is -3.51. The lowest BCUT2D eigenvalue weighted by Crippen LogP contribution is -2.50. The van der Waals surface area contributed by atoms with Gasteiger partial charge in [0.05, 0.1) is 10.3 Å². The van der Waals surface area contributed by atoms with Crippen molar-refractivity contribution in [3.8, 4) is 0 Å². The lowest BCUT2D eigenvalue weighted by molar-refractivity contribution is -0.138. The molecule has 0 atom stereocenters. The molecule has 2 N–H and O–H groups in total. The number of carbonyl (C=O) groups is 1. The summed E-state index contributed by atoms with van der Waals surface area (Å²) in [5, 5.41) is 2.67. The lowest BCUT2D eigenvalue weighted by atomic mass is 10.0. The van der Waals surface area contributed by atoms with Crippen LogP contribution in [0.25, 0.3) is 0 Å². The van der Waals surface area contributed by atoms with Crippen molar-refractivity contribution in [1.29, 1.82) is 0 Å². The molecule has 2 amide bonds. The van der Waals surface area contributed by atoms with Gasteiger partial charge in [0.1, 0.15) is 0 Å². The first-order valence-corrected chi connectivity index (χ1v) is 10.9. The van der Waals surface area contributed by atoms with Crippen LogP contribution in [-0.4, -0.2) is 43.2 Å². The molecule has 10 heteroatoms. The topological polar surface area (TPSA) is 78.5 Å². The number of halogens is 3. The largest absolute Gasteiger partial charge is 0.416 e. The molecule has 1 aromatic carbocycles. The zero-order valence-corrected chi connectivity index (χ0v) is 18.1. The van der Waals surface area contributed by atoms with Gasteiger partial charge in [0.2, 0.25) is 10.0 Å². The van der Waals surface area contributed by atoms with E-state index >= 15 is 0 Å². The summed E-state index contributed by atoms with van der Waals surface area (Å²) in [4.78, 5) is 14.1. The quantitative estimate of drug-likeness (QED) is 0.752. The molecular weight excluding hydrogens is 407 g/mol. The van der Waals surface area contributed by atoms with E-state index in [1.54, 1.807) is 20.8 Å². The number of alkyl halides is 3. The number of sulfonamides is 1. The van der Waals surface area contributed by atoms with Crippen molar-refractivity contribution in [3.63, 3.8) is 0 Å². The number of piperidine rings is 1. The van der Waals surface area contributed by atoms with Gasteiger partial charge in [-0.25, -0.2) is 17.9 Å². The van der Waals surface area contributed by atoms with Crippen LogP contribution >= 0.6 is 0 Å². The Morgan fingerprint density at radius 1 is 1.07 bits per heavy atom. The molecule has 6 nitrogen and oxygen atoms in total. The normalized spacial score (nSPS) is 16.8. The van der Waals surface area contributed by atoms with Gasteiger partial charge >= 0.3 is 12.2 Å². The van der Waals surface area contributed by atoms with Crippen LogP contribution in [0, 0.1) is 13.8 Å². The molecule has 0 spiro atoms. The maximum absolute atomic E-state index is 13.0. The number of nitrogens with zero attached hydrogens (tertiary/aromatic N) is 1. The van der Waals surface area contributed by atoms with Crippen molar-refractivity contribution in [2.75, 3.05) is 18.4 Å². The highest BCUT2D eigenvalue weighted by atomic mass is 32.2. The fourth-order valence-corrected chi connectivity index (χ4v) is 4.08. The third kappa shape index (κ3) is 5.42. The van der Waals surface area contributed by atoms with Gasteiger partial charge in [0.25, 0.3) is 0 Å². The molecule has 0 bridgehead atoms. The molecule has 2 rings (SSSR count). The van der Waals surface area contributed by atoms with Gasteiger partial charge in [-0.3, -0.25) is 0 Å². The number of nitrogens with one attached hydrogen (secondary N) is 2. The van der Waals surface area contributed by atoms with Gasteiger partial charge in [-0.05, 0) is 70.7 Å². The SMILES string of the molecule is Cc1c(NC(=O)N2CCC(NS(=O)(=O)C(C)(C)C)CC2)ccc(C(F)(F)F)c1C. The number of likely N-dealkylation sites (tertiary alicyclic amines) is 1. The van der Waals surface area contributed by atoms with Crippen molar-refractivity contribution >= 4 is 21.7 Å². The van der Waals surface area contributed by atoms with Crippen molar-refractivity contribution in [3.05, 3.63) is 28.8 Å². The van der Waals surface area contributed by atoms with E-state index in [1.165, 1.54) is 24.8 Å². The second kappa shape index (κ2) is 8.14. The number of rotatable bonds is 3. The number of anilines is 1. The molecule has 0 aliphatic carbocycles. The molecule has 1 heterocycles. The highest BCUT2D eigenvalue weighted by Crippen LogP contribution is 2.35. The van der Waals surface area contributed by atoms with E-state index in [2.05, 4.69) is 10.0 Å². The summed E-state index contributed by atoms with van der Waals surface area (Å²) >= 11 is 0. The van der Waals surface area contributed by atoms with E-state index in [1.807, 2.05) is 0 Å². The van der Waals surface area contributed by atoms with Gasteiger partial charge in [-0.15, -0.1) is 0 Å². The zero-order chi connectivity index (χ0) is 22.2. The number of urea groups is 1. The average molecular weight is 436 g/mol. The summed E-state index contributed by atoms with van der Waals surface area (Å²) in [6.45, 7) is 8.46. The standard InChI is InChI=1S/C19H28F3N3O3S/c1-12-13(2)16(7-6-15(12)19(20,21)22)23-17(26)25-10-8-14(9-11-25)24-29(27,28)18(3,4)5/h6-7,14,24H,8-11H2,1-5H3,(H,23,26). The van der Waals surface area contributed by atoms with Crippen LogP contribution in [0.5, 0.6) is 0 Å². The maximum atomic E-state index is 13.0. The third-order valence-corrected chi connectivity index (χ3v) is 7.50. The highest BCUT2D eigenvalue weighted by Gasteiger charge is 2.34. The van der Waals surface area contributed by atoms with Gasteiger partial charge < -0.3 is 10.2 Å². The monoisotopic (exact) mass is 435 g/mol. The van der Waals surface area contributed by atoms with Crippen molar-refractivity contribution in [2.45, 2.75) is 64.4 Å². The van der Waals surface area contributed by atoms with E-state index in [0.29, 0.717) is 37.2 Å². The number of benzene rings is 1. The fourth-order valence-electron chi connectivity index (χ4n) is 3.05. The van der Waals surface area contributed by atoms with Crippen molar-refractivity contribution in [1.82, 2.24) is 9.62 Å². The minimum atomic E-state index is -4.44. The van der Waals surface area contributed by atoms with Crippen LogP contribution in [0.3, 0.4) is 0 Å². The van der Waals surface area contributed by atoms with Crippen LogP contribution in [0.15, 0.2) is 12.1 Å². The van der Waals surface area contributed by atoms with Gasteiger partial charge in [0, 0.05) is 24.8 Å². The van der Waals surface area contributed by atoms with Crippen LogP contribution in [0.1, 0.15) is 50.3 Å². The number of carbonyl (C=O) groups excluding carboxylic acids is 1. The molecule has 0 radical (unpaired) electrons. The fraction of sp³-hybridized carbons (Fsp3) is 0.632. The van der Waals surface area contributed by atoms with E-state index in [0.717, 1.165) is 6.07 Å². The minimum Gasteiger partial charge on any atom is -0.324 e. The first-order chi connectivity index (χ1) is 13.1. The van der Waals surface area contributed by atoms with Crippen LogP contribution in [0.2, 0.25) is 0 Å². The van der Waals surface area contributed by atoms with Crippen molar-refractivity contribution in [2.24, 2.45) is 0 Å². The Morgan fingerprint density at radius 2 is 1.62 bits per heavy atom. The number of amides is 2. The highest BCUT2D eigenvalue weighted by molar-refractivity contribution is 7.90. The number of hydrogen-bond donors (Lipinski definition) is 2. The van der Waals surface area contributed by atoms with Crippen molar-refractivity contribution < 1.29 is 26.4 Å². The molecule has 1 fully saturated rings. The molecule has 29 heavy (non-hydrogen) atoms. The summed E-state index contributed by atoms with van der Waals surface area (Å²) in [7, 11) is -3.47. The molecule has 1 aliphatic heterocycles. The summed E-state index contributed by atoms with van der Waals surface area (Å²) in [6, 6.07) is 1.56. The first kappa shape index (κ1) is 23.5. The molecular formula is C19H28F3N3O3S. The molecule has 0 aromatic heterocycles. The van der Waals surface area contributed by atoms with E-state index in [4.69, 9.17) is 0 Å². The predicted octanol–water partition coefficient (Wildman–Crippen LogP) is 4.04. The van der Waals surface area contributed by atoms with E-state index in [-0.39, 0.29) is 11.6 Å². The predicted molar refractivity (Wildman–Crippen MR) is 106 cm³/mol. The van der Waals surface area contributed by atoms with Gasteiger partial charge in [0.15, 0.2) is 0 Å². The summed E-state index contributed by atoms with van der Waals surface area (Å²) < 4.78 is 65.3. The molecule has 1 aromatic rings. The second-order valence-corrected chi connectivity index (χ2v) is 10.8. The van der Waals surface area contributed by atoms with E-state index < -0.39 is 32.5 Å². The number of hydrogen-bond acceptors (Lipinski definition) is 3. The smallest absolute Gasteiger partial charge is 0.324 e. The molecule has 0 unspecified atom stereocenters. The maximum Gasteiger partial charge on any atom is 0.416 e. The zero-order valence-electron chi connectivity index (χ0n) is 17.3. The van der Waals surface area contributed by atoms with Gasteiger partial charge in [-0.2, -0.15) is 13.2 Å². The minimum absolute atomic E-state index is 0.0746. The Labute approximate surface area is 169 Å². The van der Waals surface area contributed by atoms with Gasteiger partial charge in [-0.1, -0.05) is 0 Å². The Kier molecular flexibility index (Phi) is 6.59. The van der Waals surface area contributed by atoms with Crippen LogP contribution < -0.4 is 10.0 Å². The van der Waals surface area contributed by atoms with Crippen LogP contribution in [-0.2, 0) is 16.2 Å². The molecule has 1 saturated heterocycles. The van der Waals surface area contributed by atoms with E-state index in [9.17, 15) is 26.4 Å². The third-order valence-electron chi connectivity index (χ3n) is 5.24. The molecule has 164 valence electrons. The van der Waals surface area contributed by atoms with Crippen LogP contribution in [0.4, 0.5) is 23.7 Å². The lowest BCUT2D eigenvalue weighted by Gasteiger charge is -2.34. The Bertz CT molecular complexity index is 869.